The predicted octanol–water partition coefficient (Wildman–Crippen LogP) is 0.463. The summed E-state index contributed by atoms with van der Waals surface area (Å²) in [4.78, 5) is 10.6. The van der Waals surface area contributed by atoms with E-state index in [4.69, 9.17) is 14.6 Å². The SMILES string of the molecule is COc1cccc(S(=O)(=O)NCC(CC(=O)O)OC)c1. The molecule has 1 atom stereocenters. The number of ether oxygens (including phenoxy) is 2. The summed E-state index contributed by atoms with van der Waals surface area (Å²) in [5.41, 5.74) is 0. The Labute approximate surface area is 117 Å². The van der Waals surface area contributed by atoms with Crippen molar-refractivity contribution in [2.75, 3.05) is 20.8 Å². The van der Waals surface area contributed by atoms with Crippen LogP contribution in [0.5, 0.6) is 5.75 Å². The molecule has 0 aliphatic rings. The molecule has 0 radical (unpaired) electrons. The lowest BCUT2D eigenvalue weighted by molar-refractivity contribution is -0.139. The molecule has 7 nitrogen and oxygen atoms in total. The Balaban J connectivity index is 2.76. The molecule has 1 aromatic rings. The summed E-state index contributed by atoms with van der Waals surface area (Å²) in [5, 5.41) is 8.66. The number of carbonyl (C=O) groups is 1. The zero-order chi connectivity index (χ0) is 15.2. The maximum absolute atomic E-state index is 12.0. The number of sulfonamides is 1. The van der Waals surface area contributed by atoms with Gasteiger partial charge in [0, 0.05) is 19.7 Å². The highest BCUT2D eigenvalue weighted by molar-refractivity contribution is 7.89. The summed E-state index contributed by atoms with van der Waals surface area (Å²) in [7, 11) is -0.972. The molecule has 112 valence electrons. The van der Waals surface area contributed by atoms with Crippen molar-refractivity contribution in [3.63, 3.8) is 0 Å². The standard InChI is InChI=1S/C12H17NO6S/c1-18-9-4-3-5-11(6-9)20(16,17)13-8-10(19-2)7-12(14)15/h3-6,10,13H,7-8H2,1-2H3,(H,14,15). The van der Waals surface area contributed by atoms with E-state index in [1.54, 1.807) is 12.1 Å². The van der Waals surface area contributed by atoms with E-state index in [2.05, 4.69) is 4.72 Å². The normalized spacial score (nSPS) is 12.9. The lowest BCUT2D eigenvalue weighted by atomic mass is 10.2. The van der Waals surface area contributed by atoms with Crippen LogP contribution < -0.4 is 9.46 Å². The van der Waals surface area contributed by atoms with Crippen LogP contribution in [-0.2, 0) is 19.6 Å². The molecular weight excluding hydrogens is 286 g/mol. The average Bonchev–Trinajstić information content (AvgIpc) is 2.43. The molecule has 0 bridgehead atoms. The Morgan fingerprint density at radius 3 is 2.65 bits per heavy atom. The Morgan fingerprint density at radius 2 is 2.10 bits per heavy atom. The molecule has 0 aliphatic heterocycles. The molecular formula is C12H17NO6S. The molecule has 0 fully saturated rings. The second kappa shape index (κ2) is 7.22. The maximum atomic E-state index is 12.0. The second-order valence-corrected chi connectivity index (χ2v) is 5.75. The summed E-state index contributed by atoms with van der Waals surface area (Å²) < 4.78 is 36.2. The first kappa shape index (κ1) is 16.4. The number of hydrogen-bond donors (Lipinski definition) is 2. The number of aliphatic carboxylic acids is 1. The second-order valence-electron chi connectivity index (χ2n) is 3.99. The van der Waals surface area contributed by atoms with Crippen molar-refractivity contribution in [3.8, 4) is 5.75 Å². The van der Waals surface area contributed by atoms with Gasteiger partial charge in [-0.1, -0.05) is 6.07 Å². The van der Waals surface area contributed by atoms with Gasteiger partial charge in [-0.25, -0.2) is 13.1 Å². The van der Waals surface area contributed by atoms with Crippen molar-refractivity contribution in [2.45, 2.75) is 17.4 Å². The van der Waals surface area contributed by atoms with E-state index in [9.17, 15) is 13.2 Å². The van der Waals surface area contributed by atoms with Crippen LogP contribution in [0.2, 0.25) is 0 Å². The van der Waals surface area contributed by atoms with Crippen LogP contribution in [0.4, 0.5) is 0 Å². The number of carboxylic acids is 1. The summed E-state index contributed by atoms with van der Waals surface area (Å²) >= 11 is 0. The van der Waals surface area contributed by atoms with E-state index in [0.717, 1.165) is 0 Å². The molecule has 0 heterocycles. The van der Waals surface area contributed by atoms with Crippen LogP contribution in [0.1, 0.15) is 6.42 Å². The fraction of sp³-hybridized carbons (Fsp3) is 0.417. The van der Waals surface area contributed by atoms with Crippen molar-refractivity contribution < 1.29 is 27.8 Å². The Morgan fingerprint density at radius 1 is 1.40 bits per heavy atom. The highest BCUT2D eigenvalue weighted by Crippen LogP contribution is 2.16. The van der Waals surface area contributed by atoms with Gasteiger partial charge in [-0.15, -0.1) is 0 Å². The lowest BCUT2D eigenvalue weighted by Crippen LogP contribution is -2.34. The van der Waals surface area contributed by atoms with Crippen molar-refractivity contribution in [1.82, 2.24) is 4.72 Å². The number of benzene rings is 1. The number of nitrogens with one attached hydrogen (secondary N) is 1. The molecule has 0 aliphatic carbocycles. The molecule has 0 spiro atoms. The van der Waals surface area contributed by atoms with E-state index in [-0.39, 0.29) is 17.9 Å². The van der Waals surface area contributed by atoms with Gasteiger partial charge in [-0.05, 0) is 12.1 Å². The minimum atomic E-state index is -3.74. The first-order valence-electron chi connectivity index (χ1n) is 5.77. The monoisotopic (exact) mass is 303 g/mol. The van der Waals surface area contributed by atoms with Crippen molar-refractivity contribution in [1.29, 1.82) is 0 Å². The van der Waals surface area contributed by atoms with Gasteiger partial charge in [0.2, 0.25) is 10.0 Å². The van der Waals surface area contributed by atoms with Crippen molar-refractivity contribution >= 4 is 16.0 Å². The van der Waals surface area contributed by atoms with Crippen molar-refractivity contribution in [3.05, 3.63) is 24.3 Å². The largest absolute Gasteiger partial charge is 0.497 e. The van der Waals surface area contributed by atoms with Crippen LogP contribution in [0.15, 0.2) is 29.2 Å². The van der Waals surface area contributed by atoms with Gasteiger partial charge in [0.25, 0.3) is 0 Å². The van der Waals surface area contributed by atoms with E-state index >= 15 is 0 Å². The van der Waals surface area contributed by atoms with Gasteiger partial charge >= 0.3 is 5.97 Å². The topological polar surface area (TPSA) is 102 Å². The summed E-state index contributed by atoms with van der Waals surface area (Å²) in [6.45, 7) is -0.123. The van der Waals surface area contributed by atoms with Gasteiger partial charge in [-0.3, -0.25) is 4.79 Å². The van der Waals surface area contributed by atoms with Gasteiger partial charge < -0.3 is 14.6 Å². The van der Waals surface area contributed by atoms with Gasteiger partial charge in [0.1, 0.15) is 5.75 Å². The summed E-state index contributed by atoms with van der Waals surface area (Å²) in [6, 6.07) is 5.98. The number of hydrogen-bond acceptors (Lipinski definition) is 5. The molecule has 1 unspecified atom stereocenters. The minimum absolute atomic E-state index is 0.0435. The molecule has 20 heavy (non-hydrogen) atoms. The highest BCUT2D eigenvalue weighted by atomic mass is 32.2. The zero-order valence-corrected chi connectivity index (χ0v) is 12.0. The molecule has 0 saturated heterocycles. The van der Waals surface area contributed by atoms with E-state index in [0.29, 0.717) is 5.75 Å². The fourth-order valence-electron chi connectivity index (χ4n) is 1.49. The summed E-state index contributed by atoms with van der Waals surface area (Å²) in [5.74, 6) is -0.640. The van der Waals surface area contributed by atoms with E-state index in [1.165, 1.54) is 26.4 Å². The Hall–Kier alpha value is -1.64. The average molecular weight is 303 g/mol. The smallest absolute Gasteiger partial charge is 0.306 e. The lowest BCUT2D eigenvalue weighted by Gasteiger charge is -2.14. The number of carboxylic acid groups (broad SMARTS) is 1. The zero-order valence-electron chi connectivity index (χ0n) is 11.2. The number of rotatable bonds is 8. The molecule has 2 N–H and O–H groups in total. The van der Waals surface area contributed by atoms with Gasteiger partial charge in [-0.2, -0.15) is 0 Å². The Kier molecular flexibility index (Phi) is 5.93. The molecule has 1 aromatic carbocycles. The molecule has 8 heteroatoms. The first-order chi connectivity index (χ1) is 9.39. The van der Waals surface area contributed by atoms with Crippen LogP contribution in [0.25, 0.3) is 0 Å². The van der Waals surface area contributed by atoms with E-state index in [1.807, 2.05) is 0 Å². The molecule has 0 aromatic heterocycles. The predicted molar refractivity (Wildman–Crippen MR) is 71.2 cm³/mol. The maximum Gasteiger partial charge on any atom is 0.306 e. The van der Waals surface area contributed by atoms with E-state index < -0.39 is 22.1 Å². The molecule has 0 saturated carbocycles. The van der Waals surface area contributed by atoms with Crippen molar-refractivity contribution in [2.24, 2.45) is 0 Å². The quantitative estimate of drug-likeness (QED) is 0.723. The third-order valence-electron chi connectivity index (χ3n) is 2.59. The van der Waals surface area contributed by atoms with Crippen LogP contribution >= 0.6 is 0 Å². The summed E-state index contributed by atoms with van der Waals surface area (Å²) in [6.07, 6.45) is -1.01. The molecule has 1 rings (SSSR count). The van der Waals surface area contributed by atoms with Gasteiger partial charge in [0.05, 0.1) is 24.5 Å². The first-order valence-corrected chi connectivity index (χ1v) is 7.25. The van der Waals surface area contributed by atoms with Crippen LogP contribution in [0.3, 0.4) is 0 Å². The minimum Gasteiger partial charge on any atom is -0.497 e. The van der Waals surface area contributed by atoms with Crippen LogP contribution in [0, 0.1) is 0 Å². The number of methoxy groups -OCH3 is 2. The van der Waals surface area contributed by atoms with Crippen LogP contribution in [-0.4, -0.2) is 46.4 Å². The van der Waals surface area contributed by atoms with Gasteiger partial charge in [0.15, 0.2) is 0 Å². The molecule has 0 amide bonds. The Bertz CT molecular complexity index is 557. The third-order valence-corrected chi connectivity index (χ3v) is 4.01. The third kappa shape index (κ3) is 4.80. The highest BCUT2D eigenvalue weighted by Gasteiger charge is 2.19. The fourth-order valence-corrected chi connectivity index (χ4v) is 2.59.